The number of carbonyl (C=O) groups excluding carboxylic acids is 2. The van der Waals surface area contributed by atoms with E-state index in [9.17, 15) is 32.9 Å². The number of hydrogen-bond acceptors (Lipinski definition) is 5. The highest BCUT2D eigenvalue weighted by Crippen LogP contribution is 2.29. The van der Waals surface area contributed by atoms with Crippen LogP contribution in [0.3, 0.4) is 0 Å². The summed E-state index contributed by atoms with van der Waals surface area (Å²) >= 11 is 5.65. The number of carbonyl (C=O) groups is 2. The average molecular weight is 403 g/mol. The van der Waals surface area contributed by atoms with Gasteiger partial charge in [-0.05, 0) is 36.4 Å². The zero-order valence-electron chi connectivity index (χ0n) is 13.2. The first-order valence-corrected chi connectivity index (χ1v) is 7.54. The van der Waals surface area contributed by atoms with Crippen LogP contribution in [0, 0.1) is 10.1 Å². The number of nitro benzene ring substituents is 1. The van der Waals surface area contributed by atoms with Gasteiger partial charge in [-0.1, -0.05) is 11.6 Å². The number of nitrogens with zero attached hydrogens (tertiary/aromatic N) is 1. The molecule has 0 atom stereocenters. The predicted molar refractivity (Wildman–Crippen MR) is 88.5 cm³/mol. The van der Waals surface area contributed by atoms with Crippen LogP contribution in [-0.4, -0.2) is 23.4 Å². The Morgan fingerprint density at radius 3 is 2.33 bits per heavy atom. The molecule has 2 rings (SSSR count). The standard InChI is InChI=1S/C16H10ClF3N2O5/c17-11-5-6-12(13(7-11)22(25)26)21-14(23)8-27-15(24)9-1-3-10(4-2-9)16(18,19)20/h1-7H,8H2,(H,21,23). The minimum absolute atomic E-state index is 0.0911. The Morgan fingerprint density at radius 1 is 1.15 bits per heavy atom. The second-order valence-corrected chi connectivity index (χ2v) is 5.55. The van der Waals surface area contributed by atoms with Crippen LogP contribution in [0.15, 0.2) is 42.5 Å². The summed E-state index contributed by atoms with van der Waals surface area (Å²) in [6.07, 6.45) is -4.55. The molecule has 0 saturated carbocycles. The molecule has 0 heterocycles. The number of hydrogen-bond donors (Lipinski definition) is 1. The molecule has 0 spiro atoms. The van der Waals surface area contributed by atoms with Crippen molar-refractivity contribution in [2.24, 2.45) is 0 Å². The van der Waals surface area contributed by atoms with Crippen molar-refractivity contribution in [1.82, 2.24) is 0 Å². The molecule has 1 N–H and O–H groups in total. The van der Waals surface area contributed by atoms with Crippen LogP contribution in [0.5, 0.6) is 0 Å². The lowest BCUT2D eigenvalue weighted by molar-refractivity contribution is -0.383. The Hall–Kier alpha value is -3.14. The third-order valence-corrected chi connectivity index (χ3v) is 3.45. The van der Waals surface area contributed by atoms with Crippen molar-refractivity contribution in [3.05, 3.63) is 68.7 Å². The van der Waals surface area contributed by atoms with Gasteiger partial charge in [0, 0.05) is 11.1 Å². The summed E-state index contributed by atoms with van der Waals surface area (Å²) in [4.78, 5) is 33.8. The van der Waals surface area contributed by atoms with Crippen LogP contribution in [0.4, 0.5) is 24.5 Å². The van der Waals surface area contributed by atoms with Gasteiger partial charge in [0.05, 0.1) is 16.1 Å². The number of nitrogens with one attached hydrogen (secondary N) is 1. The second-order valence-electron chi connectivity index (χ2n) is 5.12. The molecule has 0 fully saturated rings. The van der Waals surface area contributed by atoms with E-state index >= 15 is 0 Å². The molecule has 27 heavy (non-hydrogen) atoms. The van der Waals surface area contributed by atoms with Gasteiger partial charge in [0.1, 0.15) is 5.69 Å². The third kappa shape index (κ3) is 5.42. The summed E-state index contributed by atoms with van der Waals surface area (Å²) < 4.78 is 42.1. The van der Waals surface area contributed by atoms with Gasteiger partial charge in [0.2, 0.25) is 0 Å². The summed E-state index contributed by atoms with van der Waals surface area (Å²) in [7, 11) is 0. The minimum atomic E-state index is -4.55. The molecule has 0 aliphatic carbocycles. The van der Waals surface area contributed by atoms with Crippen molar-refractivity contribution in [2.45, 2.75) is 6.18 Å². The van der Waals surface area contributed by atoms with Crippen molar-refractivity contribution in [3.8, 4) is 0 Å². The van der Waals surface area contributed by atoms with Gasteiger partial charge in [-0.2, -0.15) is 13.2 Å². The number of nitro groups is 1. The smallest absolute Gasteiger partial charge is 0.416 e. The molecule has 11 heteroatoms. The molecule has 142 valence electrons. The van der Waals surface area contributed by atoms with Gasteiger partial charge in [0.15, 0.2) is 6.61 Å². The van der Waals surface area contributed by atoms with E-state index in [0.29, 0.717) is 12.1 Å². The lowest BCUT2D eigenvalue weighted by atomic mass is 10.1. The Labute approximate surface area is 154 Å². The van der Waals surface area contributed by atoms with E-state index in [1.165, 1.54) is 12.1 Å². The zero-order valence-corrected chi connectivity index (χ0v) is 14.0. The largest absolute Gasteiger partial charge is 0.452 e. The first-order chi connectivity index (χ1) is 12.6. The number of halogens is 4. The maximum Gasteiger partial charge on any atom is 0.416 e. The molecule has 0 radical (unpaired) electrons. The Bertz CT molecular complexity index is 885. The number of anilines is 1. The number of amides is 1. The normalized spacial score (nSPS) is 11.0. The zero-order chi connectivity index (χ0) is 20.2. The van der Waals surface area contributed by atoms with E-state index in [4.69, 9.17) is 11.6 Å². The molecule has 0 saturated heterocycles. The highest BCUT2D eigenvalue weighted by atomic mass is 35.5. The first kappa shape index (κ1) is 20.2. The van der Waals surface area contributed by atoms with Crippen LogP contribution in [0.1, 0.15) is 15.9 Å². The van der Waals surface area contributed by atoms with E-state index in [1.807, 2.05) is 0 Å². The molecule has 2 aromatic carbocycles. The Balaban J connectivity index is 1.98. The fourth-order valence-electron chi connectivity index (χ4n) is 1.96. The second kappa shape index (κ2) is 8.04. The van der Waals surface area contributed by atoms with Gasteiger partial charge in [0.25, 0.3) is 11.6 Å². The quantitative estimate of drug-likeness (QED) is 0.462. The van der Waals surface area contributed by atoms with Gasteiger partial charge in [-0.15, -0.1) is 0 Å². The Morgan fingerprint density at radius 2 is 1.78 bits per heavy atom. The van der Waals surface area contributed by atoms with Crippen molar-refractivity contribution < 1.29 is 32.4 Å². The Kier molecular flexibility index (Phi) is 6.01. The van der Waals surface area contributed by atoms with Crippen LogP contribution in [-0.2, 0) is 15.7 Å². The van der Waals surface area contributed by atoms with Gasteiger partial charge >= 0.3 is 12.1 Å². The summed E-state index contributed by atoms with van der Waals surface area (Å²) in [5.74, 6) is -1.90. The van der Waals surface area contributed by atoms with Gasteiger partial charge in [-0.25, -0.2) is 4.79 Å². The van der Waals surface area contributed by atoms with Crippen molar-refractivity contribution in [3.63, 3.8) is 0 Å². The van der Waals surface area contributed by atoms with Crippen LogP contribution in [0.2, 0.25) is 5.02 Å². The lowest BCUT2D eigenvalue weighted by Gasteiger charge is -2.09. The number of benzene rings is 2. The first-order valence-electron chi connectivity index (χ1n) is 7.16. The average Bonchev–Trinajstić information content (AvgIpc) is 2.60. The van der Waals surface area contributed by atoms with Crippen LogP contribution >= 0.6 is 11.6 Å². The number of esters is 1. The van der Waals surface area contributed by atoms with Crippen molar-refractivity contribution >= 4 is 34.9 Å². The van der Waals surface area contributed by atoms with Crippen molar-refractivity contribution in [2.75, 3.05) is 11.9 Å². The van der Waals surface area contributed by atoms with E-state index < -0.39 is 40.8 Å². The molecule has 1 amide bonds. The summed E-state index contributed by atoms with van der Waals surface area (Å²) in [5, 5.41) is 13.2. The fraction of sp³-hybridized carbons (Fsp3) is 0.125. The summed E-state index contributed by atoms with van der Waals surface area (Å²) in [6, 6.07) is 6.78. The van der Waals surface area contributed by atoms with E-state index in [2.05, 4.69) is 10.1 Å². The lowest BCUT2D eigenvalue weighted by Crippen LogP contribution is -2.21. The predicted octanol–water partition coefficient (Wildman–Crippen LogP) is 4.06. The summed E-state index contributed by atoms with van der Waals surface area (Å²) in [6.45, 7) is -0.792. The topological polar surface area (TPSA) is 98.5 Å². The van der Waals surface area contributed by atoms with Crippen molar-refractivity contribution in [1.29, 1.82) is 0 Å². The molecule has 0 aliphatic heterocycles. The van der Waals surface area contributed by atoms with E-state index in [0.717, 1.165) is 18.2 Å². The van der Waals surface area contributed by atoms with E-state index in [-0.39, 0.29) is 16.3 Å². The highest BCUT2D eigenvalue weighted by Gasteiger charge is 2.30. The van der Waals surface area contributed by atoms with E-state index in [1.54, 1.807) is 0 Å². The molecule has 0 aromatic heterocycles. The highest BCUT2D eigenvalue weighted by molar-refractivity contribution is 6.31. The van der Waals surface area contributed by atoms with Crippen LogP contribution < -0.4 is 5.32 Å². The maximum absolute atomic E-state index is 12.5. The molecule has 0 unspecified atom stereocenters. The minimum Gasteiger partial charge on any atom is -0.452 e. The van der Waals surface area contributed by atoms with Gasteiger partial charge in [-0.3, -0.25) is 14.9 Å². The number of alkyl halides is 3. The number of ether oxygens (including phenoxy) is 1. The molecule has 7 nitrogen and oxygen atoms in total. The van der Waals surface area contributed by atoms with Gasteiger partial charge < -0.3 is 10.1 Å². The fourth-order valence-corrected chi connectivity index (χ4v) is 2.12. The molecule has 2 aromatic rings. The summed E-state index contributed by atoms with van der Waals surface area (Å²) in [5.41, 5.74) is -1.73. The van der Waals surface area contributed by atoms with Crippen LogP contribution in [0.25, 0.3) is 0 Å². The third-order valence-electron chi connectivity index (χ3n) is 3.21. The molecular weight excluding hydrogens is 393 g/mol. The maximum atomic E-state index is 12.5. The molecule has 0 bridgehead atoms. The molecule has 0 aliphatic rings. The number of rotatable bonds is 5. The SMILES string of the molecule is O=C(COC(=O)c1ccc(C(F)(F)F)cc1)Nc1ccc(Cl)cc1[N+](=O)[O-]. The monoisotopic (exact) mass is 402 g/mol. The molecular formula is C16H10ClF3N2O5.